The summed E-state index contributed by atoms with van der Waals surface area (Å²) in [7, 11) is 0. The molecule has 0 bridgehead atoms. The zero-order valence-corrected chi connectivity index (χ0v) is 11.6. The first-order chi connectivity index (χ1) is 8.96. The summed E-state index contributed by atoms with van der Waals surface area (Å²) >= 11 is 0. The van der Waals surface area contributed by atoms with Gasteiger partial charge in [-0.1, -0.05) is 32.0 Å². The molecule has 0 aromatic heterocycles. The third-order valence-corrected chi connectivity index (χ3v) is 3.86. The van der Waals surface area contributed by atoms with Crippen LogP contribution in [0, 0.1) is 5.92 Å². The maximum atomic E-state index is 12.2. The molecule has 19 heavy (non-hydrogen) atoms. The fraction of sp³-hybridized carbons (Fsp3) is 0.467. The van der Waals surface area contributed by atoms with Crippen LogP contribution in [-0.4, -0.2) is 22.5 Å². The van der Waals surface area contributed by atoms with Gasteiger partial charge in [0.1, 0.15) is 0 Å². The highest BCUT2D eigenvalue weighted by molar-refractivity contribution is 5.95. The van der Waals surface area contributed by atoms with Crippen molar-refractivity contribution in [2.75, 3.05) is 0 Å². The molecular weight excluding hydrogens is 242 g/mol. The standard InChI is InChI=1S/C15H21NO3/c1-4-15(5-2,11(3)14(18)19)16-13(17)12-9-7-6-8-10-12/h6-11H,4-5H2,1-3H3,(H,16,17)(H,18,19)/t11-/m0/s1. The van der Waals surface area contributed by atoms with Gasteiger partial charge in [0.2, 0.25) is 0 Å². The molecule has 0 spiro atoms. The molecule has 104 valence electrons. The molecule has 2 N–H and O–H groups in total. The lowest BCUT2D eigenvalue weighted by Gasteiger charge is -2.36. The van der Waals surface area contributed by atoms with E-state index in [1.165, 1.54) is 0 Å². The van der Waals surface area contributed by atoms with E-state index < -0.39 is 17.4 Å². The quantitative estimate of drug-likeness (QED) is 0.829. The van der Waals surface area contributed by atoms with Crippen LogP contribution in [-0.2, 0) is 4.79 Å². The lowest BCUT2D eigenvalue weighted by Crippen LogP contribution is -2.54. The molecule has 0 saturated carbocycles. The van der Waals surface area contributed by atoms with Crippen LogP contribution in [0.2, 0.25) is 0 Å². The maximum Gasteiger partial charge on any atom is 0.308 e. The van der Waals surface area contributed by atoms with Gasteiger partial charge in [0.25, 0.3) is 5.91 Å². The Bertz CT molecular complexity index is 438. The first-order valence-electron chi connectivity index (χ1n) is 6.57. The van der Waals surface area contributed by atoms with E-state index in [-0.39, 0.29) is 5.91 Å². The van der Waals surface area contributed by atoms with Crippen molar-refractivity contribution in [3.63, 3.8) is 0 Å². The molecule has 0 heterocycles. The average molecular weight is 263 g/mol. The molecule has 1 aromatic rings. The number of nitrogens with one attached hydrogen (secondary N) is 1. The highest BCUT2D eigenvalue weighted by atomic mass is 16.4. The van der Waals surface area contributed by atoms with Crippen LogP contribution in [0.4, 0.5) is 0 Å². The van der Waals surface area contributed by atoms with Crippen LogP contribution >= 0.6 is 0 Å². The Balaban J connectivity index is 2.96. The topological polar surface area (TPSA) is 66.4 Å². The minimum absolute atomic E-state index is 0.225. The van der Waals surface area contributed by atoms with Crippen molar-refractivity contribution >= 4 is 11.9 Å². The van der Waals surface area contributed by atoms with Gasteiger partial charge in [-0.2, -0.15) is 0 Å². The van der Waals surface area contributed by atoms with Crippen LogP contribution in [0.1, 0.15) is 44.0 Å². The van der Waals surface area contributed by atoms with Gasteiger partial charge in [0.15, 0.2) is 0 Å². The Morgan fingerprint density at radius 3 is 2.16 bits per heavy atom. The highest BCUT2D eigenvalue weighted by Crippen LogP contribution is 2.26. The second-order valence-corrected chi connectivity index (χ2v) is 4.74. The van der Waals surface area contributed by atoms with Crippen LogP contribution in [0.5, 0.6) is 0 Å². The maximum absolute atomic E-state index is 12.2. The predicted octanol–water partition coefficient (Wildman–Crippen LogP) is 2.70. The molecule has 0 aliphatic rings. The third kappa shape index (κ3) is 3.34. The Hall–Kier alpha value is -1.84. The summed E-state index contributed by atoms with van der Waals surface area (Å²) in [5, 5.41) is 12.1. The van der Waals surface area contributed by atoms with Crippen molar-refractivity contribution in [3.8, 4) is 0 Å². The summed E-state index contributed by atoms with van der Waals surface area (Å²) in [6.45, 7) is 5.43. The summed E-state index contributed by atoms with van der Waals surface area (Å²) in [4.78, 5) is 23.4. The van der Waals surface area contributed by atoms with Gasteiger partial charge in [-0.05, 0) is 31.9 Å². The fourth-order valence-corrected chi connectivity index (χ4v) is 2.27. The fourth-order valence-electron chi connectivity index (χ4n) is 2.27. The number of aliphatic carboxylic acids is 1. The summed E-state index contributed by atoms with van der Waals surface area (Å²) < 4.78 is 0. The van der Waals surface area contributed by atoms with Crippen molar-refractivity contribution in [3.05, 3.63) is 35.9 Å². The van der Waals surface area contributed by atoms with Crippen LogP contribution in [0.3, 0.4) is 0 Å². The lowest BCUT2D eigenvalue weighted by molar-refractivity contribution is -0.144. The van der Waals surface area contributed by atoms with Crippen molar-refractivity contribution < 1.29 is 14.7 Å². The van der Waals surface area contributed by atoms with Crippen molar-refractivity contribution in [1.82, 2.24) is 5.32 Å². The summed E-state index contributed by atoms with van der Waals surface area (Å²) in [6, 6.07) is 8.85. The monoisotopic (exact) mass is 263 g/mol. The number of carboxylic acid groups (broad SMARTS) is 1. The van der Waals surface area contributed by atoms with E-state index in [0.29, 0.717) is 18.4 Å². The molecule has 0 aliphatic heterocycles. The van der Waals surface area contributed by atoms with Crippen molar-refractivity contribution in [2.45, 2.75) is 39.2 Å². The Morgan fingerprint density at radius 2 is 1.74 bits per heavy atom. The second kappa shape index (κ2) is 6.36. The molecule has 1 atom stereocenters. The van der Waals surface area contributed by atoms with Crippen LogP contribution in [0.15, 0.2) is 30.3 Å². The lowest BCUT2D eigenvalue weighted by atomic mass is 9.80. The number of benzene rings is 1. The number of hydrogen-bond acceptors (Lipinski definition) is 2. The normalized spacial score (nSPS) is 12.8. The van der Waals surface area contributed by atoms with Crippen molar-refractivity contribution in [1.29, 1.82) is 0 Å². The van der Waals surface area contributed by atoms with Gasteiger partial charge >= 0.3 is 5.97 Å². The smallest absolute Gasteiger partial charge is 0.308 e. The SMILES string of the molecule is CCC(CC)(NC(=O)c1ccccc1)[C@@H](C)C(=O)O. The predicted molar refractivity (Wildman–Crippen MR) is 74.0 cm³/mol. The number of carboxylic acids is 1. The Morgan fingerprint density at radius 1 is 1.21 bits per heavy atom. The molecular formula is C15H21NO3. The molecule has 0 aliphatic carbocycles. The minimum Gasteiger partial charge on any atom is -0.481 e. The molecule has 0 fully saturated rings. The van der Waals surface area contributed by atoms with E-state index in [9.17, 15) is 14.7 Å². The van der Waals surface area contributed by atoms with E-state index >= 15 is 0 Å². The number of carbonyl (C=O) groups excluding carboxylic acids is 1. The Kier molecular flexibility index (Phi) is 5.10. The molecule has 0 radical (unpaired) electrons. The molecule has 4 nitrogen and oxygen atoms in total. The van der Waals surface area contributed by atoms with Crippen LogP contribution in [0.25, 0.3) is 0 Å². The van der Waals surface area contributed by atoms with E-state index in [1.54, 1.807) is 31.2 Å². The van der Waals surface area contributed by atoms with Gasteiger partial charge in [0.05, 0.1) is 11.5 Å². The zero-order chi connectivity index (χ0) is 14.5. The Labute approximate surface area is 113 Å². The second-order valence-electron chi connectivity index (χ2n) is 4.74. The largest absolute Gasteiger partial charge is 0.481 e. The van der Waals surface area contributed by atoms with E-state index in [0.717, 1.165) is 0 Å². The number of hydrogen-bond donors (Lipinski definition) is 2. The first kappa shape index (κ1) is 15.2. The number of amides is 1. The zero-order valence-electron chi connectivity index (χ0n) is 11.6. The van der Waals surface area contributed by atoms with E-state index in [4.69, 9.17) is 0 Å². The molecule has 0 saturated heterocycles. The summed E-state index contributed by atoms with van der Waals surface area (Å²) in [6.07, 6.45) is 1.16. The van der Waals surface area contributed by atoms with Crippen LogP contribution < -0.4 is 5.32 Å². The van der Waals surface area contributed by atoms with E-state index in [1.807, 2.05) is 19.9 Å². The molecule has 1 aromatic carbocycles. The van der Waals surface area contributed by atoms with E-state index in [2.05, 4.69) is 5.32 Å². The summed E-state index contributed by atoms with van der Waals surface area (Å²) in [5.41, 5.74) is -0.162. The van der Waals surface area contributed by atoms with Gasteiger partial charge in [0, 0.05) is 5.56 Å². The molecule has 0 unspecified atom stereocenters. The third-order valence-electron chi connectivity index (χ3n) is 3.86. The van der Waals surface area contributed by atoms with Gasteiger partial charge in [-0.15, -0.1) is 0 Å². The van der Waals surface area contributed by atoms with Gasteiger partial charge in [-0.3, -0.25) is 9.59 Å². The number of carbonyl (C=O) groups is 2. The average Bonchev–Trinajstić information content (AvgIpc) is 2.44. The molecule has 1 rings (SSSR count). The minimum atomic E-state index is -0.892. The van der Waals surface area contributed by atoms with Gasteiger partial charge in [-0.25, -0.2) is 0 Å². The first-order valence-corrected chi connectivity index (χ1v) is 6.57. The summed E-state index contributed by atoms with van der Waals surface area (Å²) in [5.74, 6) is -1.75. The number of rotatable bonds is 6. The van der Waals surface area contributed by atoms with Crippen molar-refractivity contribution in [2.24, 2.45) is 5.92 Å². The highest BCUT2D eigenvalue weighted by Gasteiger charge is 2.38. The molecule has 4 heteroatoms. The molecule has 1 amide bonds. The van der Waals surface area contributed by atoms with Gasteiger partial charge < -0.3 is 10.4 Å².